The molecule has 0 aromatic rings. The lowest BCUT2D eigenvalue weighted by molar-refractivity contribution is -0.139. The fraction of sp³-hybridized carbons (Fsp3) is 0.800. The van der Waals surface area contributed by atoms with E-state index in [9.17, 15) is 9.59 Å². The monoisotopic (exact) mass is 264 g/mol. The number of urea groups is 1. The number of carboxylic acid groups (broad SMARTS) is 1. The van der Waals surface area contributed by atoms with Crippen LogP contribution in [0.15, 0.2) is 0 Å². The zero-order valence-corrected chi connectivity index (χ0v) is 11.2. The van der Waals surface area contributed by atoms with Crippen LogP contribution in [0.25, 0.3) is 0 Å². The van der Waals surface area contributed by atoms with E-state index < -0.39 is 18.0 Å². The minimum Gasteiger partial charge on any atom is -0.480 e. The number of aliphatic hydroxyl groups is 1. The molecule has 2 amide bonds. The van der Waals surface area contributed by atoms with Gasteiger partial charge >= 0.3 is 12.0 Å². The van der Waals surface area contributed by atoms with Crippen LogP contribution in [0, 0.1) is 0 Å². The summed E-state index contributed by atoms with van der Waals surface area (Å²) in [5.74, 6) is -0.381. The Bertz CT molecular complexity index is 263. The van der Waals surface area contributed by atoms with Crippen LogP contribution < -0.4 is 5.32 Å². The SMILES string of the molecule is CSCC[C@H](NC(=O)N(C)C(C)CO)C(=O)O. The van der Waals surface area contributed by atoms with Gasteiger partial charge in [-0.3, -0.25) is 0 Å². The summed E-state index contributed by atoms with van der Waals surface area (Å²) >= 11 is 1.53. The molecule has 0 aliphatic heterocycles. The molecule has 100 valence electrons. The lowest BCUT2D eigenvalue weighted by Crippen LogP contribution is -2.50. The van der Waals surface area contributed by atoms with Crippen molar-refractivity contribution in [3.8, 4) is 0 Å². The smallest absolute Gasteiger partial charge is 0.326 e. The second kappa shape index (κ2) is 8.19. The first-order valence-electron chi connectivity index (χ1n) is 5.30. The molecule has 0 heterocycles. The van der Waals surface area contributed by atoms with Crippen LogP contribution in [0.1, 0.15) is 13.3 Å². The number of hydrogen-bond donors (Lipinski definition) is 3. The Morgan fingerprint density at radius 2 is 2.06 bits per heavy atom. The van der Waals surface area contributed by atoms with Gasteiger partial charge in [-0.2, -0.15) is 11.8 Å². The predicted molar refractivity (Wildman–Crippen MR) is 67.3 cm³/mol. The third-order valence-corrected chi connectivity index (χ3v) is 3.10. The largest absolute Gasteiger partial charge is 0.480 e. The maximum absolute atomic E-state index is 11.7. The summed E-state index contributed by atoms with van der Waals surface area (Å²) in [6.07, 6.45) is 2.25. The maximum Gasteiger partial charge on any atom is 0.326 e. The lowest BCUT2D eigenvalue weighted by atomic mass is 10.2. The highest BCUT2D eigenvalue weighted by Crippen LogP contribution is 2.03. The van der Waals surface area contributed by atoms with Gasteiger partial charge in [0.1, 0.15) is 6.04 Å². The molecule has 2 atom stereocenters. The zero-order chi connectivity index (χ0) is 13.4. The van der Waals surface area contributed by atoms with Gasteiger partial charge in [0.2, 0.25) is 0 Å². The molecule has 0 saturated carbocycles. The number of thioether (sulfide) groups is 1. The van der Waals surface area contributed by atoms with Crippen LogP contribution in [0.4, 0.5) is 4.79 Å². The Labute approximate surface area is 105 Å². The molecule has 0 saturated heterocycles. The third kappa shape index (κ3) is 5.78. The van der Waals surface area contributed by atoms with Gasteiger partial charge in [-0.25, -0.2) is 9.59 Å². The number of hydrogen-bond acceptors (Lipinski definition) is 4. The fourth-order valence-corrected chi connectivity index (χ4v) is 1.54. The number of carbonyl (C=O) groups is 2. The van der Waals surface area contributed by atoms with Gasteiger partial charge in [0.15, 0.2) is 0 Å². The van der Waals surface area contributed by atoms with Crippen molar-refractivity contribution in [3.63, 3.8) is 0 Å². The Morgan fingerprint density at radius 3 is 2.47 bits per heavy atom. The average molecular weight is 264 g/mol. The molecule has 0 aliphatic carbocycles. The Balaban J connectivity index is 4.34. The summed E-state index contributed by atoms with van der Waals surface area (Å²) in [6.45, 7) is 1.52. The first-order chi connectivity index (χ1) is 7.93. The molecule has 1 unspecified atom stereocenters. The van der Waals surface area contributed by atoms with Crippen molar-refractivity contribution in [1.29, 1.82) is 0 Å². The molecule has 7 heteroatoms. The van der Waals surface area contributed by atoms with Crippen LogP contribution >= 0.6 is 11.8 Å². The number of aliphatic carboxylic acids is 1. The molecule has 0 spiro atoms. The van der Waals surface area contributed by atoms with E-state index in [1.54, 1.807) is 6.92 Å². The lowest BCUT2D eigenvalue weighted by Gasteiger charge is -2.25. The third-order valence-electron chi connectivity index (χ3n) is 2.45. The quantitative estimate of drug-likeness (QED) is 0.612. The molecular formula is C10H20N2O4S. The van der Waals surface area contributed by atoms with E-state index in [0.29, 0.717) is 12.2 Å². The number of carboxylic acids is 1. The molecule has 0 aromatic heterocycles. The summed E-state index contributed by atoms with van der Waals surface area (Å²) in [6, 6.07) is -1.71. The van der Waals surface area contributed by atoms with Crippen molar-refractivity contribution in [2.75, 3.05) is 25.7 Å². The minimum atomic E-state index is -1.04. The molecule has 0 aromatic carbocycles. The molecule has 6 nitrogen and oxygen atoms in total. The number of amides is 2. The summed E-state index contributed by atoms with van der Waals surface area (Å²) in [5, 5.41) is 20.3. The van der Waals surface area contributed by atoms with Crippen molar-refractivity contribution in [2.45, 2.75) is 25.4 Å². The first-order valence-corrected chi connectivity index (χ1v) is 6.69. The van der Waals surface area contributed by atoms with E-state index in [4.69, 9.17) is 10.2 Å². The normalized spacial score (nSPS) is 13.9. The van der Waals surface area contributed by atoms with Crippen molar-refractivity contribution in [1.82, 2.24) is 10.2 Å². The van der Waals surface area contributed by atoms with Crippen molar-refractivity contribution in [2.24, 2.45) is 0 Å². The minimum absolute atomic E-state index is 0.160. The van der Waals surface area contributed by atoms with Gasteiger partial charge in [-0.1, -0.05) is 0 Å². The number of nitrogens with zero attached hydrogens (tertiary/aromatic N) is 1. The zero-order valence-electron chi connectivity index (χ0n) is 10.3. The summed E-state index contributed by atoms with van der Waals surface area (Å²) in [4.78, 5) is 23.9. The number of likely N-dealkylation sites (N-methyl/N-ethyl adjacent to an activating group) is 1. The molecule has 0 aliphatic rings. The van der Waals surface area contributed by atoms with Crippen LogP contribution in [0.3, 0.4) is 0 Å². The summed E-state index contributed by atoms with van der Waals surface area (Å²) in [5.41, 5.74) is 0. The van der Waals surface area contributed by atoms with E-state index in [1.807, 2.05) is 6.26 Å². The highest BCUT2D eigenvalue weighted by molar-refractivity contribution is 7.98. The Morgan fingerprint density at radius 1 is 1.47 bits per heavy atom. The van der Waals surface area contributed by atoms with Crippen LogP contribution in [0.2, 0.25) is 0 Å². The van der Waals surface area contributed by atoms with E-state index in [2.05, 4.69) is 5.32 Å². The highest BCUT2D eigenvalue weighted by atomic mass is 32.2. The van der Waals surface area contributed by atoms with Gasteiger partial charge in [0.05, 0.1) is 12.6 Å². The average Bonchev–Trinajstić information content (AvgIpc) is 2.31. The van der Waals surface area contributed by atoms with E-state index in [0.717, 1.165) is 0 Å². The molecule has 0 fully saturated rings. The molecule has 17 heavy (non-hydrogen) atoms. The number of carbonyl (C=O) groups excluding carboxylic acids is 1. The van der Waals surface area contributed by atoms with Crippen molar-refractivity contribution >= 4 is 23.8 Å². The molecule has 3 N–H and O–H groups in total. The number of nitrogens with one attached hydrogen (secondary N) is 1. The van der Waals surface area contributed by atoms with E-state index >= 15 is 0 Å². The van der Waals surface area contributed by atoms with E-state index in [-0.39, 0.29) is 12.6 Å². The fourth-order valence-electron chi connectivity index (χ4n) is 1.07. The Hall–Kier alpha value is -0.950. The standard InChI is InChI=1S/C10H20N2O4S/c1-7(6-13)12(2)10(16)11-8(9(14)15)4-5-17-3/h7-8,13H,4-6H2,1-3H3,(H,11,16)(H,14,15)/t7?,8-/m0/s1. The molecular weight excluding hydrogens is 244 g/mol. The van der Waals surface area contributed by atoms with Gasteiger partial charge in [0, 0.05) is 7.05 Å². The second-order valence-corrected chi connectivity index (χ2v) is 4.75. The van der Waals surface area contributed by atoms with E-state index in [1.165, 1.54) is 23.7 Å². The predicted octanol–water partition coefficient (Wildman–Crippen LogP) is 0.215. The summed E-state index contributed by atoms with van der Waals surface area (Å²) < 4.78 is 0. The topological polar surface area (TPSA) is 89.9 Å². The van der Waals surface area contributed by atoms with Crippen LogP contribution in [0.5, 0.6) is 0 Å². The molecule has 0 bridgehead atoms. The number of rotatable bonds is 7. The second-order valence-electron chi connectivity index (χ2n) is 3.76. The highest BCUT2D eigenvalue weighted by Gasteiger charge is 2.22. The van der Waals surface area contributed by atoms with Gasteiger partial charge < -0.3 is 20.4 Å². The van der Waals surface area contributed by atoms with Crippen molar-refractivity contribution < 1.29 is 19.8 Å². The van der Waals surface area contributed by atoms with Gasteiger partial charge in [-0.15, -0.1) is 0 Å². The van der Waals surface area contributed by atoms with Gasteiger partial charge in [0.25, 0.3) is 0 Å². The van der Waals surface area contributed by atoms with Crippen LogP contribution in [-0.2, 0) is 4.79 Å². The summed E-state index contributed by atoms with van der Waals surface area (Å²) in [7, 11) is 1.52. The first kappa shape index (κ1) is 16.1. The molecule has 0 rings (SSSR count). The molecule has 0 radical (unpaired) electrons. The Kier molecular flexibility index (Phi) is 7.73. The van der Waals surface area contributed by atoms with Gasteiger partial charge in [-0.05, 0) is 25.4 Å². The van der Waals surface area contributed by atoms with Crippen molar-refractivity contribution in [3.05, 3.63) is 0 Å². The van der Waals surface area contributed by atoms with Crippen LogP contribution in [-0.4, -0.2) is 64.9 Å². The number of aliphatic hydroxyl groups excluding tert-OH is 1. The maximum atomic E-state index is 11.7.